The Balaban J connectivity index is 1.56. The average Bonchev–Trinajstić information content (AvgIpc) is 3.60. The molecule has 4 aromatic rings. The van der Waals surface area contributed by atoms with Gasteiger partial charge in [-0.05, 0) is 41.5 Å². The number of H-pyrrole nitrogens is 1. The highest BCUT2D eigenvalue weighted by molar-refractivity contribution is 6.51. The molecule has 10 heteroatoms. The lowest BCUT2D eigenvalue weighted by Crippen LogP contribution is -2.30. The van der Waals surface area contributed by atoms with Crippen LogP contribution in [0.4, 0.5) is 14.7 Å². The van der Waals surface area contributed by atoms with Crippen molar-refractivity contribution in [3.63, 3.8) is 0 Å². The minimum Gasteiger partial charge on any atom is -0.507 e. The van der Waals surface area contributed by atoms with Crippen molar-refractivity contribution in [2.24, 2.45) is 0 Å². The number of rotatable bonds is 4. The van der Waals surface area contributed by atoms with Crippen LogP contribution >= 0.6 is 0 Å². The van der Waals surface area contributed by atoms with Crippen molar-refractivity contribution in [3.05, 3.63) is 88.5 Å². The highest BCUT2D eigenvalue weighted by Gasteiger charge is 2.48. The number of nitrogens with zero attached hydrogens (tertiary/aromatic N) is 2. The van der Waals surface area contributed by atoms with Gasteiger partial charge in [0.1, 0.15) is 17.3 Å². The number of hydrogen-bond donors (Lipinski definition) is 2. The van der Waals surface area contributed by atoms with Crippen LogP contribution in [0.5, 0.6) is 11.5 Å². The molecule has 1 amide bonds. The molecule has 3 aromatic carbocycles. The first-order chi connectivity index (χ1) is 17.9. The molecule has 2 N–H and O–H groups in total. The number of amides is 1. The molecule has 1 aromatic heterocycles. The van der Waals surface area contributed by atoms with Crippen LogP contribution in [-0.4, -0.2) is 40.5 Å². The fraction of sp³-hybridized carbons (Fsp3) is 0.148. The smallest absolute Gasteiger partial charge is 0.302 e. The number of carbonyl (C=O) groups is 2. The summed E-state index contributed by atoms with van der Waals surface area (Å²) >= 11 is 0. The summed E-state index contributed by atoms with van der Waals surface area (Å²) in [5, 5.41) is 11.4. The number of methoxy groups -OCH3 is 1. The van der Waals surface area contributed by atoms with E-state index in [0.717, 1.165) is 22.6 Å². The lowest BCUT2D eigenvalue weighted by Gasteiger charge is -2.23. The van der Waals surface area contributed by atoms with E-state index in [4.69, 9.17) is 9.47 Å². The number of anilines is 1. The molecular weight excluding hydrogens is 484 g/mol. The largest absolute Gasteiger partial charge is 0.507 e. The molecule has 0 spiro atoms. The molecule has 1 fully saturated rings. The van der Waals surface area contributed by atoms with Gasteiger partial charge in [-0.15, -0.1) is 0 Å². The molecule has 0 radical (unpaired) electrons. The van der Waals surface area contributed by atoms with E-state index in [-0.39, 0.29) is 28.3 Å². The van der Waals surface area contributed by atoms with Gasteiger partial charge in [0, 0.05) is 24.1 Å². The normalized spacial score (nSPS) is 18.4. The number of aromatic amines is 1. The Labute approximate surface area is 208 Å². The Morgan fingerprint density at radius 1 is 1.14 bits per heavy atom. The van der Waals surface area contributed by atoms with Crippen molar-refractivity contribution in [2.45, 2.75) is 12.5 Å². The number of hydrogen-bond acceptors (Lipinski definition) is 6. The summed E-state index contributed by atoms with van der Waals surface area (Å²) in [5.41, 5.74) is 1.73. The fourth-order valence-electron chi connectivity index (χ4n) is 4.77. The van der Waals surface area contributed by atoms with Crippen LogP contribution < -0.4 is 14.4 Å². The quantitative estimate of drug-likeness (QED) is 0.243. The van der Waals surface area contributed by atoms with Crippen molar-refractivity contribution in [2.75, 3.05) is 18.6 Å². The number of ketones is 1. The van der Waals surface area contributed by atoms with Gasteiger partial charge in [0.15, 0.2) is 11.6 Å². The summed E-state index contributed by atoms with van der Waals surface area (Å²) in [7, 11) is 1.48. The van der Waals surface area contributed by atoms with Gasteiger partial charge in [-0.1, -0.05) is 12.1 Å². The first-order valence-corrected chi connectivity index (χ1v) is 11.4. The number of aliphatic hydroxyl groups is 1. The predicted octanol–water partition coefficient (Wildman–Crippen LogP) is 4.41. The number of fused-ring (bicyclic) bond motifs is 2. The Hall–Kier alpha value is -4.73. The number of imidazole rings is 1. The fourth-order valence-corrected chi connectivity index (χ4v) is 4.77. The molecule has 1 atom stereocenters. The van der Waals surface area contributed by atoms with Crippen LogP contribution in [-0.2, 0) is 16.0 Å². The van der Waals surface area contributed by atoms with Crippen molar-refractivity contribution in [1.82, 2.24) is 9.97 Å². The van der Waals surface area contributed by atoms with Gasteiger partial charge in [0.25, 0.3) is 5.78 Å². The van der Waals surface area contributed by atoms with Crippen LogP contribution in [0.1, 0.15) is 22.7 Å². The van der Waals surface area contributed by atoms with E-state index < -0.39 is 29.4 Å². The van der Waals surface area contributed by atoms with Crippen LogP contribution in [0.2, 0.25) is 0 Å². The second-order valence-corrected chi connectivity index (χ2v) is 8.71. The predicted molar refractivity (Wildman–Crippen MR) is 129 cm³/mol. The molecule has 2 aliphatic heterocycles. The monoisotopic (exact) mass is 503 g/mol. The second-order valence-electron chi connectivity index (χ2n) is 8.71. The maximum Gasteiger partial charge on any atom is 0.302 e. The Morgan fingerprint density at radius 3 is 2.76 bits per heavy atom. The number of nitrogens with one attached hydrogen (secondary N) is 1. The molecule has 0 saturated carbocycles. The van der Waals surface area contributed by atoms with E-state index in [1.54, 1.807) is 42.5 Å². The number of halogens is 2. The van der Waals surface area contributed by atoms with E-state index in [1.807, 2.05) is 0 Å². The number of Topliss-reactive ketones (excluding diaryl/α,β-unsaturated/α-hetero) is 1. The number of aromatic nitrogens is 2. The van der Waals surface area contributed by atoms with E-state index in [9.17, 15) is 23.5 Å². The summed E-state index contributed by atoms with van der Waals surface area (Å²) in [4.78, 5) is 34.9. The average molecular weight is 503 g/mol. The van der Waals surface area contributed by atoms with Crippen molar-refractivity contribution in [3.8, 4) is 11.5 Å². The second kappa shape index (κ2) is 8.44. The lowest BCUT2D eigenvalue weighted by molar-refractivity contribution is -0.132. The van der Waals surface area contributed by atoms with Gasteiger partial charge < -0.3 is 19.6 Å². The van der Waals surface area contributed by atoms with Crippen LogP contribution in [0, 0.1) is 11.6 Å². The molecular formula is C27H19F2N3O5. The number of carbonyl (C=O) groups excluding carboxylic acids is 2. The first-order valence-electron chi connectivity index (χ1n) is 11.4. The minimum atomic E-state index is -1.10. The molecule has 8 nitrogen and oxygen atoms in total. The summed E-state index contributed by atoms with van der Waals surface area (Å²) in [6.45, 7) is 0.515. The van der Waals surface area contributed by atoms with E-state index in [2.05, 4.69) is 9.97 Å². The summed E-state index contributed by atoms with van der Waals surface area (Å²) in [5.74, 6) is -3.38. The van der Waals surface area contributed by atoms with Crippen LogP contribution in [0.25, 0.3) is 16.8 Å². The van der Waals surface area contributed by atoms with Gasteiger partial charge in [-0.25, -0.2) is 13.8 Å². The molecule has 37 heavy (non-hydrogen) atoms. The van der Waals surface area contributed by atoms with Gasteiger partial charge >= 0.3 is 5.91 Å². The number of ether oxygens (including phenoxy) is 2. The van der Waals surface area contributed by atoms with E-state index in [0.29, 0.717) is 35.7 Å². The zero-order chi connectivity index (χ0) is 25.8. The van der Waals surface area contributed by atoms with E-state index in [1.165, 1.54) is 7.11 Å². The van der Waals surface area contributed by atoms with Gasteiger partial charge in [-0.2, -0.15) is 0 Å². The SMILES string of the molecule is COc1cccc(C2/C(=C(\O)c3ccc4c(c3)CCO4)C(=O)C(=O)N2c2nc3cc(F)c(F)cc3[nH]2)c1. The molecule has 1 unspecified atom stereocenters. The van der Waals surface area contributed by atoms with E-state index >= 15 is 0 Å². The summed E-state index contributed by atoms with van der Waals surface area (Å²) in [6.07, 6.45) is 0.649. The Bertz CT molecular complexity index is 1610. The lowest BCUT2D eigenvalue weighted by atomic mass is 9.94. The molecule has 186 valence electrons. The van der Waals surface area contributed by atoms with Crippen molar-refractivity contribution < 1.29 is 33.0 Å². The summed E-state index contributed by atoms with van der Waals surface area (Å²) in [6, 6.07) is 12.5. The highest BCUT2D eigenvalue weighted by Crippen LogP contribution is 2.43. The van der Waals surface area contributed by atoms with Crippen LogP contribution in [0.15, 0.2) is 60.2 Å². The molecule has 2 aliphatic rings. The molecule has 6 rings (SSSR count). The zero-order valence-corrected chi connectivity index (χ0v) is 19.4. The number of benzene rings is 3. The topological polar surface area (TPSA) is 105 Å². The standard InChI is InChI=1S/C27H19F2N3O5/c1-36-16-4-2-3-14(10-16)23-22(24(33)15-5-6-21-13(9-15)7-8-37-21)25(34)26(35)32(23)27-30-19-11-17(28)18(29)12-20(19)31-27/h2-6,9-12,23,33H,7-8H2,1H3,(H,30,31)/b24-22+. The third-order valence-electron chi connectivity index (χ3n) is 6.56. The Kier molecular flexibility index (Phi) is 5.18. The van der Waals surface area contributed by atoms with Gasteiger partial charge in [0.2, 0.25) is 5.95 Å². The zero-order valence-electron chi connectivity index (χ0n) is 19.4. The maximum atomic E-state index is 13.8. The maximum absolute atomic E-state index is 13.8. The molecule has 0 bridgehead atoms. The van der Waals surface area contributed by atoms with Gasteiger partial charge in [-0.3, -0.25) is 14.5 Å². The highest BCUT2D eigenvalue weighted by atomic mass is 19.2. The third-order valence-corrected chi connectivity index (χ3v) is 6.56. The van der Waals surface area contributed by atoms with Crippen molar-refractivity contribution >= 4 is 34.4 Å². The molecule has 3 heterocycles. The number of aliphatic hydroxyl groups excluding tert-OH is 1. The first kappa shape index (κ1) is 22.7. The summed E-state index contributed by atoms with van der Waals surface area (Å²) < 4.78 is 38.5. The van der Waals surface area contributed by atoms with Gasteiger partial charge in [0.05, 0.1) is 36.4 Å². The Morgan fingerprint density at radius 2 is 1.95 bits per heavy atom. The molecule has 0 aliphatic carbocycles. The van der Waals surface area contributed by atoms with Crippen LogP contribution in [0.3, 0.4) is 0 Å². The minimum absolute atomic E-state index is 0.0683. The van der Waals surface area contributed by atoms with Crippen molar-refractivity contribution in [1.29, 1.82) is 0 Å². The molecule has 1 saturated heterocycles. The third kappa shape index (κ3) is 3.60.